The minimum atomic E-state index is -0.399. The fourth-order valence-electron chi connectivity index (χ4n) is 2.81. The number of hydrogen-bond acceptors (Lipinski definition) is 5. The molecule has 1 amide bonds. The van der Waals surface area contributed by atoms with Gasteiger partial charge in [0.15, 0.2) is 0 Å². The predicted octanol–water partition coefficient (Wildman–Crippen LogP) is 0.849. The molecule has 24 heavy (non-hydrogen) atoms. The molecule has 0 aliphatic carbocycles. The van der Waals surface area contributed by atoms with E-state index in [1.54, 1.807) is 6.07 Å². The van der Waals surface area contributed by atoms with E-state index in [-0.39, 0.29) is 12.3 Å². The van der Waals surface area contributed by atoms with Crippen molar-refractivity contribution in [3.63, 3.8) is 0 Å². The highest BCUT2D eigenvalue weighted by molar-refractivity contribution is 5.78. The van der Waals surface area contributed by atoms with Crippen molar-refractivity contribution in [2.45, 2.75) is 32.5 Å². The van der Waals surface area contributed by atoms with Crippen LogP contribution >= 0.6 is 0 Å². The maximum atomic E-state index is 12.9. The van der Waals surface area contributed by atoms with Crippen molar-refractivity contribution in [1.29, 1.82) is 0 Å². The van der Waals surface area contributed by atoms with Crippen LogP contribution < -0.4 is 0 Å². The zero-order valence-electron chi connectivity index (χ0n) is 13.9. The molecule has 0 bridgehead atoms. The maximum Gasteiger partial charge on any atom is 0.228 e. The molecule has 7 nitrogen and oxygen atoms in total. The van der Waals surface area contributed by atoms with Gasteiger partial charge in [-0.1, -0.05) is 5.21 Å². The molecule has 0 saturated heterocycles. The Balaban J connectivity index is 1.73. The highest BCUT2D eigenvalue weighted by atomic mass is 19.1. The lowest BCUT2D eigenvalue weighted by molar-refractivity contribution is -0.131. The largest absolute Gasteiger partial charge is 0.336 e. The van der Waals surface area contributed by atoms with E-state index < -0.39 is 5.82 Å². The fourth-order valence-corrected chi connectivity index (χ4v) is 2.81. The summed E-state index contributed by atoms with van der Waals surface area (Å²) in [5.74, 6) is -0.413. The van der Waals surface area contributed by atoms with Crippen molar-refractivity contribution in [2.24, 2.45) is 0 Å². The molecule has 3 heterocycles. The second kappa shape index (κ2) is 7.04. The van der Waals surface area contributed by atoms with Gasteiger partial charge in [-0.15, -0.1) is 5.10 Å². The van der Waals surface area contributed by atoms with Gasteiger partial charge in [0.25, 0.3) is 0 Å². The monoisotopic (exact) mass is 332 g/mol. The van der Waals surface area contributed by atoms with E-state index in [1.165, 1.54) is 6.07 Å². The quantitative estimate of drug-likeness (QED) is 0.830. The first-order valence-corrected chi connectivity index (χ1v) is 7.97. The minimum Gasteiger partial charge on any atom is -0.336 e. The smallest absolute Gasteiger partial charge is 0.228 e. The number of halogens is 1. The molecule has 1 aliphatic rings. The Morgan fingerprint density at radius 3 is 2.88 bits per heavy atom. The number of rotatable bonds is 4. The Bertz CT molecular complexity index is 712. The maximum absolute atomic E-state index is 12.9. The molecule has 2 aromatic rings. The third kappa shape index (κ3) is 3.76. The van der Waals surface area contributed by atoms with E-state index in [1.807, 2.05) is 28.6 Å². The van der Waals surface area contributed by atoms with Crippen LogP contribution in [0.1, 0.15) is 23.5 Å². The molecule has 0 fully saturated rings. The number of pyridine rings is 1. The number of aryl methyl sites for hydroxylation is 1. The van der Waals surface area contributed by atoms with E-state index in [0.717, 1.165) is 30.6 Å². The van der Waals surface area contributed by atoms with Crippen molar-refractivity contribution in [1.82, 2.24) is 29.8 Å². The van der Waals surface area contributed by atoms with E-state index in [2.05, 4.69) is 15.3 Å². The van der Waals surface area contributed by atoms with Gasteiger partial charge in [0.1, 0.15) is 11.5 Å². The third-order valence-corrected chi connectivity index (χ3v) is 4.00. The third-order valence-electron chi connectivity index (χ3n) is 4.00. The van der Waals surface area contributed by atoms with E-state index in [0.29, 0.717) is 25.3 Å². The number of carbonyl (C=O) groups excluding carboxylic acids is 1. The Morgan fingerprint density at radius 2 is 2.17 bits per heavy atom. The summed E-state index contributed by atoms with van der Waals surface area (Å²) in [5, 5.41) is 8.45. The summed E-state index contributed by atoms with van der Waals surface area (Å²) in [6.07, 6.45) is 2.14. The molecule has 0 atom stereocenters. The zero-order chi connectivity index (χ0) is 17.1. The molecule has 0 saturated carbocycles. The Kier molecular flexibility index (Phi) is 4.84. The Hall–Kier alpha value is -2.35. The van der Waals surface area contributed by atoms with Crippen molar-refractivity contribution >= 4 is 5.91 Å². The van der Waals surface area contributed by atoms with Crippen LogP contribution in [0.5, 0.6) is 0 Å². The average Bonchev–Trinajstić information content (AvgIpc) is 2.78. The van der Waals surface area contributed by atoms with Crippen LogP contribution in [-0.2, 0) is 30.8 Å². The van der Waals surface area contributed by atoms with Crippen molar-refractivity contribution < 1.29 is 9.18 Å². The van der Waals surface area contributed by atoms with Gasteiger partial charge in [0.2, 0.25) is 5.91 Å². The number of amides is 1. The SMILES string of the molecule is CN(C)Cc1nnn2c1CN(C(=O)Cc1ccc(F)cn1)CCC2. The van der Waals surface area contributed by atoms with Gasteiger partial charge in [-0.3, -0.25) is 9.78 Å². The predicted molar refractivity (Wildman–Crippen MR) is 85.3 cm³/mol. The first kappa shape index (κ1) is 16.5. The molecular formula is C16H21FN6O. The summed E-state index contributed by atoms with van der Waals surface area (Å²) in [6, 6.07) is 2.88. The lowest BCUT2D eigenvalue weighted by Gasteiger charge is -2.20. The van der Waals surface area contributed by atoms with Gasteiger partial charge >= 0.3 is 0 Å². The standard InChI is InChI=1S/C16H21FN6O/c1-21(2)10-14-15-11-22(6-3-7-23(15)20-19-14)16(24)8-13-5-4-12(17)9-18-13/h4-5,9H,3,6-8,10-11H2,1-2H3. The van der Waals surface area contributed by atoms with Gasteiger partial charge in [0, 0.05) is 25.3 Å². The van der Waals surface area contributed by atoms with E-state index in [9.17, 15) is 9.18 Å². The summed E-state index contributed by atoms with van der Waals surface area (Å²) in [6.45, 7) is 2.62. The second-order valence-electron chi connectivity index (χ2n) is 6.26. The molecule has 8 heteroatoms. The fraction of sp³-hybridized carbons (Fsp3) is 0.500. The van der Waals surface area contributed by atoms with Gasteiger partial charge in [-0.2, -0.15) is 0 Å². The number of fused-ring (bicyclic) bond motifs is 1. The van der Waals surface area contributed by atoms with Gasteiger partial charge in [0.05, 0.1) is 24.9 Å². The number of carbonyl (C=O) groups is 1. The molecule has 0 aromatic carbocycles. The molecule has 128 valence electrons. The Morgan fingerprint density at radius 1 is 1.33 bits per heavy atom. The molecule has 0 unspecified atom stereocenters. The second-order valence-corrected chi connectivity index (χ2v) is 6.26. The molecule has 0 spiro atoms. The summed E-state index contributed by atoms with van der Waals surface area (Å²) in [4.78, 5) is 20.4. The van der Waals surface area contributed by atoms with Crippen molar-refractivity contribution in [3.8, 4) is 0 Å². The normalized spacial score (nSPS) is 14.6. The van der Waals surface area contributed by atoms with E-state index in [4.69, 9.17) is 0 Å². The summed E-state index contributed by atoms with van der Waals surface area (Å²) in [5.41, 5.74) is 2.46. The topological polar surface area (TPSA) is 67.2 Å². The highest BCUT2D eigenvalue weighted by Crippen LogP contribution is 2.16. The number of hydrogen-bond donors (Lipinski definition) is 0. The summed E-state index contributed by atoms with van der Waals surface area (Å²) in [7, 11) is 3.96. The highest BCUT2D eigenvalue weighted by Gasteiger charge is 2.23. The Labute approximate surface area is 140 Å². The first-order chi connectivity index (χ1) is 11.5. The zero-order valence-corrected chi connectivity index (χ0v) is 13.9. The summed E-state index contributed by atoms with van der Waals surface area (Å²) < 4.78 is 14.8. The molecule has 1 aliphatic heterocycles. The molecule has 3 rings (SSSR count). The first-order valence-electron chi connectivity index (χ1n) is 7.97. The van der Waals surface area contributed by atoms with Gasteiger partial charge in [-0.25, -0.2) is 9.07 Å². The minimum absolute atomic E-state index is 0.0143. The molecule has 2 aromatic heterocycles. The van der Waals surface area contributed by atoms with Crippen LogP contribution in [0.2, 0.25) is 0 Å². The number of nitrogens with zero attached hydrogens (tertiary/aromatic N) is 6. The van der Waals surface area contributed by atoms with Crippen LogP contribution in [0.15, 0.2) is 18.3 Å². The lowest BCUT2D eigenvalue weighted by atomic mass is 10.2. The van der Waals surface area contributed by atoms with Crippen molar-refractivity contribution in [2.75, 3.05) is 20.6 Å². The lowest BCUT2D eigenvalue weighted by Crippen LogP contribution is -2.32. The molecular weight excluding hydrogens is 311 g/mol. The van der Waals surface area contributed by atoms with Crippen molar-refractivity contribution in [3.05, 3.63) is 41.2 Å². The van der Waals surface area contributed by atoms with Crippen LogP contribution in [0.4, 0.5) is 4.39 Å². The van der Waals surface area contributed by atoms with Gasteiger partial charge < -0.3 is 9.80 Å². The molecule has 0 N–H and O–H groups in total. The van der Waals surface area contributed by atoms with Crippen LogP contribution in [-0.4, -0.2) is 56.3 Å². The van der Waals surface area contributed by atoms with Crippen LogP contribution in [0, 0.1) is 5.82 Å². The molecule has 0 radical (unpaired) electrons. The van der Waals surface area contributed by atoms with Gasteiger partial charge in [-0.05, 0) is 32.6 Å². The van der Waals surface area contributed by atoms with Crippen LogP contribution in [0.3, 0.4) is 0 Å². The summed E-state index contributed by atoms with van der Waals surface area (Å²) >= 11 is 0. The number of aromatic nitrogens is 4. The van der Waals surface area contributed by atoms with Crippen LogP contribution in [0.25, 0.3) is 0 Å². The average molecular weight is 332 g/mol. The van der Waals surface area contributed by atoms with E-state index >= 15 is 0 Å².